The Bertz CT molecular complexity index is 893. The van der Waals surface area contributed by atoms with Gasteiger partial charge in [-0.05, 0) is 30.5 Å². The number of rotatable bonds is 6. The maximum absolute atomic E-state index is 12.4. The van der Waals surface area contributed by atoms with Crippen LogP contribution in [0.15, 0.2) is 28.6 Å². The maximum Gasteiger partial charge on any atom is 0.251 e. The number of aromatic nitrogens is 1. The first-order valence-electron chi connectivity index (χ1n) is 7.84. The van der Waals surface area contributed by atoms with Crippen molar-refractivity contribution in [1.82, 2.24) is 9.71 Å². The number of amides is 1. The lowest BCUT2D eigenvalue weighted by Gasteiger charge is -2.14. The molecule has 1 aliphatic rings. The summed E-state index contributed by atoms with van der Waals surface area (Å²) < 4.78 is 33.1. The Labute approximate surface area is 150 Å². The van der Waals surface area contributed by atoms with Crippen LogP contribution < -0.4 is 14.8 Å². The van der Waals surface area contributed by atoms with Gasteiger partial charge in [0.15, 0.2) is 9.34 Å². The van der Waals surface area contributed by atoms with Crippen LogP contribution in [0.5, 0.6) is 5.75 Å². The van der Waals surface area contributed by atoms with Crippen molar-refractivity contribution in [1.29, 1.82) is 0 Å². The first kappa shape index (κ1) is 17.8. The molecule has 1 unspecified atom stereocenters. The van der Waals surface area contributed by atoms with E-state index in [0.717, 1.165) is 34.6 Å². The minimum atomic E-state index is -3.68. The lowest BCUT2D eigenvalue weighted by Crippen LogP contribution is -2.33. The zero-order chi connectivity index (χ0) is 18.0. The van der Waals surface area contributed by atoms with Crippen LogP contribution in [0.4, 0.5) is 5.13 Å². The Hall–Kier alpha value is -1.97. The standard InChI is InChI=1S/C16H19N3O4S2/c1-10(7-12-3-4-14-13(8-12)5-6-23-14)19-25(21,22)15-9-17-16(24-15)18-11(2)20/h3-4,8-10,19H,5-7H2,1-2H3,(H,17,18,20). The fourth-order valence-electron chi connectivity index (χ4n) is 2.68. The summed E-state index contributed by atoms with van der Waals surface area (Å²) in [6.07, 6.45) is 2.71. The number of ether oxygens (including phenoxy) is 1. The van der Waals surface area contributed by atoms with E-state index in [4.69, 9.17) is 4.74 Å². The number of sulfonamides is 1. The van der Waals surface area contributed by atoms with Gasteiger partial charge in [-0.25, -0.2) is 18.1 Å². The smallest absolute Gasteiger partial charge is 0.251 e. The molecule has 0 fully saturated rings. The summed E-state index contributed by atoms with van der Waals surface area (Å²) >= 11 is 0.923. The summed E-state index contributed by atoms with van der Waals surface area (Å²) in [5.41, 5.74) is 2.22. The number of fused-ring (bicyclic) bond motifs is 1. The Balaban J connectivity index is 1.66. The SMILES string of the molecule is CC(=O)Nc1ncc(S(=O)(=O)NC(C)Cc2ccc3c(c2)CCO3)s1. The third-order valence-corrected chi connectivity index (χ3v) is 6.65. The molecule has 0 saturated heterocycles. The molecular weight excluding hydrogens is 362 g/mol. The first-order chi connectivity index (χ1) is 11.8. The van der Waals surface area contributed by atoms with E-state index in [0.29, 0.717) is 13.0 Å². The number of nitrogens with zero attached hydrogens (tertiary/aromatic N) is 1. The Morgan fingerprint density at radius 3 is 3.00 bits per heavy atom. The highest BCUT2D eigenvalue weighted by molar-refractivity contribution is 7.91. The van der Waals surface area contributed by atoms with Crippen molar-refractivity contribution in [3.8, 4) is 5.75 Å². The molecule has 1 aliphatic heterocycles. The van der Waals surface area contributed by atoms with Gasteiger partial charge in [0, 0.05) is 19.4 Å². The summed E-state index contributed by atoms with van der Waals surface area (Å²) in [7, 11) is -3.68. The van der Waals surface area contributed by atoms with Gasteiger partial charge < -0.3 is 10.1 Å². The molecule has 1 atom stereocenters. The van der Waals surface area contributed by atoms with Crippen LogP contribution in [-0.2, 0) is 27.7 Å². The van der Waals surface area contributed by atoms with Crippen molar-refractivity contribution in [3.63, 3.8) is 0 Å². The van der Waals surface area contributed by atoms with E-state index in [-0.39, 0.29) is 21.3 Å². The predicted octanol–water partition coefficient (Wildman–Crippen LogP) is 1.95. The molecule has 1 aromatic carbocycles. The van der Waals surface area contributed by atoms with Crippen molar-refractivity contribution in [3.05, 3.63) is 35.5 Å². The quantitative estimate of drug-likeness (QED) is 0.797. The molecule has 0 bridgehead atoms. The largest absolute Gasteiger partial charge is 0.493 e. The molecule has 134 valence electrons. The molecule has 0 radical (unpaired) electrons. The van der Waals surface area contributed by atoms with Crippen LogP contribution in [-0.4, -0.2) is 32.0 Å². The van der Waals surface area contributed by atoms with Gasteiger partial charge in [0.25, 0.3) is 10.0 Å². The fraction of sp³-hybridized carbons (Fsp3) is 0.375. The third kappa shape index (κ3) is 4.36. The van der Waals surface area contributed by atoms with Gasteiger partial charge in [-0.15, -0.1) is 0 Å². The summed E-state index contributed by atoms with van der Waals surface area (Å²) in [5.74, 6) is 0.618. The average Bonchev–Trinajstić information content (AvgIpc) is 3.14. The van der Waals surface area contributed by atoms with E-state index in [9.17, 15) is 13.2 Å². The molecule has 2 N–H and O–H groups in total. The van der Waals surface area contributed by atoms with Crippen molar-refractivity contribution in [2.24, 2.45) is 0 Å². The van der Waals surface area contributed by atoms with Gasteiger partial charge in [-0.1, -0.05) is 23.5 Å². The Morgan fingerprint density at radius 2 is 2.24 bits per heavy atom. The highest BCUT2D eigenvalue weighted by Crippen LogP contribution is 2.27. The second-order valence-corrected chi connectivity index (χ2v) is 8.90. The Morgan fingerprint density at radius 1 is 1.44 bits per heavy atom. The first-order valence-corrected chi connectivity index (χ1v) is 10.1. The number of nitrogens with one attached hydrogen (secondary N) is 2. The molecule has 2 heterocycles. The monoisotopic (exact) mass is 381 g/mol. The van der Waals surface area contributed by atoms with E-state index >= 15 is 0 Å². The molecule has 7 nitrogen and oxygen atoms in total. The van der Waals surface area contributed by atoms with Crippen molar-refractivity contribution >= 4 is 32.4 Å². The van der Waals surface area contributed by atoms with Gasteiger partial charge in [0.2, 0.25) is 5.91 Å². The highest BCUT2D eigenvalue weighted by atomic mass is 32.2. The normalized spacial score (nSPS) is 14.6. The number of carbonyl (C=O) groups is 1. The van der Waals surface area contributed by atoms with Crippen LogP contribution in [0, 0.1) is 0 Å². The second-order valence-electron chi connectivity index (χ2n) is 5.93. The topological polar surface area (TPSA) is 97.4 Å². The average molecular weight is 381 g/mol. The third-order valence-electron chi connectivity index (χ3n) is 3.68. The van der Waals surface area contributed by atoms with Crippen LogP contribution in [0.3, 0.4) is 0 Å². The van der Waals surface area contributed by atoms with Gasteiger partial charge >= 0.3 is 0 Å². The molecule has 1 amide bonds. The van der Waals surface area contributed by atoms with Crippen LogP contribution >= 0.6 is 11.3 Å². The molecule has 25 heavy (non-hydrogen) atoms. The summed E-state index contributed by atoms with van der Waals surface area (Å²) in [4.78, 5) is 14.9. The number of hydrogen-bond donors (Lipinski definition) is 2. The van der Waals surface area contributed by atoms with Crippen LogP contribution in [0.25, 0.3) is 0 Å². The number of hydrogen-bond acceptors (Lipinski definition) is 6. The highest BCUT2D eigenvalue weighted by Gasteiger charge is 2.21. The van der Waals surface area contributed by atoms with Gasteiger partial charge in [0.1, 0.15) is 5.75 Å². The molecule has 3 rings (SSSR count). The molecule has 0 aliphatic carbocycles. The lowest BCUT2D eigenvalue weighted by atomic mass is 10.0. The summed E-state index contributed by atoms with van der Waals surface area (Å²) in [6.45, 7) is 3.86. The molecule has 0 spiro atoms. The zero-order valence-electron chi connectivity index (χ0n) is 13.9. The minimum Gasteiger partial charge on any atom is -0.493 e. The van der Waals surface area contributed by atoms with Crippen molar-refractivity contribution in [2.45, 2.75) is 36.9 Å². The number of thiazole rings is 1. The summed E-state index contributed by atoms with van der Waals surface area (Å²) in [5, 5.41) is 2.74. The second kappa shape index (κ2) is 7.11. The van der Waals surface area contributed by atoms with E-state index < -0.39 is 10.0 Å². The molecule has 2 aromatic rings. The van der Waals surface area contributed by atoms with E-state index in [1.807, 2.05) is 19.1 Å². The van der Waals surface area contributed by atoms with E-state index in [1.165, 1.54) is 13.1 Å². The van der Waals surface area contributed by atoms with Crippen LogP contribution in [0.1, 0.15) is 25.0 Å². The number of benzene rings is 1. The predicted molar refractivity (Wildman–Crippen MR) is 95.5 cm³/mol. The fourth-order valence-corrected chi connectivity index (χ4v) is 5.01. The number of carbonyl (C=O) groups excluding carboxylic acids is 1. The molecular formula is C16H19N3O4S2. The number of anilines is 1. The zero-order valence-corrected chi connectivity index (χ0v) is 15.5. The Kier molecular flexibility index (Phi) is 5.07. The van der Waals surface area contributed by atoms with Gasteiger partial charge in [0.05, 0.1) is 12.8 Å². The molecule has 1 aromatic heterocycles. The van der Waals surface area contributed by atoms with Gasteiger partial charge in [-0.3, -0.25) is 4.79 Å². The summed E-state index contributed by atoms with van der Waals surface area (Å²) in [6, 6.07) is 5.67. The van der Waals surface area contributed by atoms with E-state index in [1.54, 1.807) is 0 Å². The van der Waals surface area contributed by atoms with E-state index in [2.05, 4.69) is 21.1 Å². The minimum absolute atomic E-state index is 0.0745. The molecule has 9 heteroatoms. The van der Waals surface area contributed by atoms with Crippen molar-refractivity contribution < 1.29 is 17.9 Å². The van der Waals surface area contributed by atoms with Crippen molar-refractivity contribution in [2.75, 3.05) is 11.9 Å². The van der Waals surface area contributed by atoms with Gasteiger partial charge in [-0.2, -0.15) is 0 Å². The van der Waals surface area contributed by atoms with Crippen LogP contribution in [0.2, 0.25) is 0 Å². The molecule has 0 saturated carbocycles. The maximum atomic E-state index is 12.4. The lowest BCUT2D eigenvalue weighted by molar-refractivity contribution is -0.114.